The Morgan fingerprint density at radius 1 is 1.11 bits per heavy atom. The fraction of sp³-hybridized carbons (Fsp3) is 0.517. The Morgan fingerprint density at radius 3 is 2.24 bits per heavy atom. The Hall–Kier alpha value is -2.09. The maximum absolute atomic E-state index is 14.5. The number of amides is 1. The van der Waals surface area contributed by atoms with Crippen LogP contribution in [0.25, 0.3) is 0 Å². The lowest BCUT2D eigenvalue weighted by molar-refractivity contribution is -0.161. The number of carboxylic acids is 1. The van der Waals surface area contributed by atoms with Gasteiger partial charge < -0.3 is 10.0 Å². The van der Waals surface area contributed by atoms with Crippen molar-refractivity contribution in [3.8, 4) is 0 Å². The number of hydrogen-bond acceptors (Lipinski definition) is 4. The molecule has 1 aliphatic rings. The van der Waals surface area contributed by atoms with Gasteiger partial charge in [0.25, 0.3) is 0 Å². The molecule has 3 rings (SSSR count). The Labute approximate surface area is 236 Å². The Balaban J connectivity index is 2.32. The summed E-state index contributed by atoms with van der Waals surface area (Å²) in [7, 11) is -1.08. The average Bonchev–Trinajstić information content (AvgIpc) is 2.84. The van der Waals surface area contributed by atoms with E-state index in [4.69, 9.17) is 23.2 Å². The van der Waals surface area contributed by atoms with Crippen molar-refractivity contribution >= 4 is 44.8 Å². The Morgan fingerprint density at radius 2 is 1.74 bits per heavy atom. The number of aliphatic carboxylic acids is 1. The number of likely N-dealkylation sites (tertiary alicyclic amines) is 1. The van der Waals surface area contributed by atoms with E-state index in [1.807, 2.05) is 62.9 Å². The summed E-state index contributed by atoms with van der Waals surface area (Å²) >= 11 is 12.6. The van der Waals surface area contributed by atoms with E-state index in [0.29, 0.717) is 16.5 Å². The van der Waals surface area contributed by atoms with Crippen LogP contribution in [0.4, 0.5) is 0 Å². The summed E-state index contributed by atoms with van der Waals surface area (Å²) in [6.07, 6.45) is 0.0139. The predicted octanol–water partition coefficient (Wildman–Crippen LogP) is 7.06. The third-order valence-corrected chi connectivity index (χ3v) is 11.1. The molecular weight excluding hydrogens is 543 g/mol. The summed E-state index contributed by atoms with van der Waals surface area (Å²) < 4.78 is 18.2. The molecule has 6 nitrogen and oxygen atoms in total. The van der Waals surface area contributed by atoms with Gasteiger partial charge in [0.05, 0.1) is 33.4 Å². The highest BCUT2D eigenvalue weighted by atomic mass is 35.5. The van der Waals surface area contributed by atoms with Crippen molar-refractivity contribution in [1.29, 1.82) is 0 Å². The van der Waals surface area contributed by atoms with Crippen LogP contribution < -0.4 is 0 Å². The standard InChI is InChI=1S/C29H38Cl2N2O4S/c1-18(2)25(17-38(37,32-6)19(3)4)33-27(20-10-12-22(30)13-11-20)24(21-8-7-9-23(31)14-21)15-29(5,28(33)36)16-26(34)35/h7-14,18-19,24-25,27H,15-17H2,1-6H3,(H,34,35)/t24-,25-,27-,29-,38?/m1/s1. The molecule has 0 radical (unpaired) electrons. The normalized spacial score (nSPS) is 24.4. The summed E-state index contributed by atoms with van der Waals surface area (Å²) in [6.45, 7) is 9.50. The van der Waals surface area contributed by atoms with Crippen LogP contribution >= 0.6 is 23.2 Å². The maximum Gasteiger partial charge on any atom is 0.304 e. The number of rotatable bonds is 9. The zero-order chi connectivity index (χ0) is 28.4. The molecule has 0 aliphatic carbocycles. The van der Waals surface area contributed by atoms with E-state index < -0.39 is 33.2 Å². The van der Waals surface area contributed by atoms with Gasteiger partial charge in [0.1, 0.15) is 0 Å². The quantitative estimate of drug-likeness (QED) is 0.344. The fourth-order valence-electron chi connectivity index (χ4n) is 5.56. The second-order valence-corrected chi connectivity index (χ2v) is 15.0. The first-order valence-electron chi connectivity index (χ1n) is 12.9. The molecule has 0 aromatic heterocycles. The molecule has 2 aromatic carbocycles. The molecule has 1 aliphatic heterocycles. The van der Waals surface area contributed by atoms with Gasteiger partial charge in [0.15, 0.2) is 0 Å². The number of carbonyl (C=O) groups is 2. The first-order valence-corrected chi connectivity index (χ1v) is 15.4. The van der Waals surface area contributed by atoms with Crippen molar-refractivity contribution in [3.05, 3.63) is 69.7 Å². The van der Waals surface area contributed by atoms with E-state index in [0.717, 1.165) is 11.1 Å². The molecule has 208 valence electrons. The monoisotopic (exact) mass is 580 g/mol. The largest absolute Gasteiger partial charge is 0.481 e. The van der Waals surface area contributed by atoms with Crippen LogP contribution in [0.5, 0.6) is 0 Å². The van der Waals surface area contributed by atoms with E-state index in [2.05, 4.69) is 4.36 Å². The summed E-state index contributed by atoms with van der Waals surface area (Å²) in [5, 5.41) is 10.8. The summed E-state index contributed by atoms with van der Waals surface area (Å²) in [6, 6.07) is 14.0. The van der Waals surface area contributed by atoms with E-state index >= 15 is 0 Å². The highest BCUT2D eigenvalue weighted by Crippen LogP contribution is 2.52. The topological polar surface area (TPSA) is 87.0 Å². The second-order valence-electron chi connectivity index (χ2n) is 11.1. The van der Waals surface area contributed by atoms with Crippen LogP contribution in [0.15, 0.2) is 52.9 Å². The highest BCUT2D eigenvalue weighted by Gasteiger charge is 2.53. The summed E-state index contributed by atoms with van der Waals surface area (Å²) in [4.78, 5) is 28.3. The minimum Gasteiger partial charge on any atom is -0.481 e. The van der Waals surface area contributed by atoms with E-state index in [-0.39, 0.29) is 35.2 Å². The number of piperidine rings is 1. The molecule has 1 saturated heterocycles. The van der Waals surface area contributed by atoms with E-state index in [1.165, 1.54) is 0 Å². The fourth-order valence-corrected chi connectivity index (χ4v) is 7.88. The van der Waals surface area contributed by atoms with Gasteiger partial charge in [-0.25, -0.2) is 8.57 Å². The second kappa shape index (κ2) is 12.0. The smallest absolute Gasteiger partial charge is 0.304 e. The van der Waals surface area contributed by atoms with Crippen LogP contribution in [0.2, 0.25) is 10.0 Å². The molecule has 2 aromatic rings. The maximum atomic E-state index is 14.5. The first kappa shape index (κ1) is 30.5. The van der Waals surface area contributed by atoms with Crippen LogP contribution in [0.1, 0.15) is 70.5 Å². The molecule has 5 atom stereocenters. The Bertz CT molecular complexity index is 1290. The Kier molecular flexibility index (Phi) is 9.59. The summed E-state index contributed by atoms with van der Waals surface area (Å²) in [5.41, 5.74) is 0.621. The molecular formula is C29H38Cl2N2O4S. The number of benzene rings is 2. The van der Waals surface area contributed by atoms with Crippen molar-refractivity contribution in [3.63, 3.8) is 0 Å². The lowest BCUT2D eigenvalue weighted by Crippen LogP contribution is -2.59. The molecule has 1 amide bonds. The van der Waals surface area contributed by atoms with E-state index in [9.17, 15) is 18.9 Å². The van der Waals surface area contributed by atoms with E-state index in [1.54, 1.807) is 32.2 Å². The predicted molar refractivity (Wildman–Crippen MR) is 155 cm³/mol. The minimum absolute atomic E-state index is 0.0673. The van der Waals surface area contributed by atoms with Crippen molar-refractivity contribution in [2.45, 2.75) is 70.7 Å². The number of carboxylic acid groups (broad SMARTS) is 1. The third kappa shape index (κ3) is 6.37. The molecule has 9 heteroatoms. The lowest BCUT2D eigenvalue weighted by Gasteiger charge is -2.53. The molecule has 1 heterocycles. The third-order valence-electron chi connectivity index (χ3n) is 7.71. The molecule has 0 bridgehead atoms. The molecule has 1 unspecified atom stereocenters. The molecule has 0 spiro atoms. The van der Waals surface area contributed by atoms with Crippen molar-refractivity contribution < 1.29 is 18.9 Å². The summed E-state index contributed by atoms with van der Waals surface area (Å²) in [5.74, 6) is -1.42. The van der Waals surface area contributed by atoms with Crippen LogP contribution in [-0.4, -0.2) is 50.2 Å². The molecule has 1 fully saturated rings. The van der Waals surface area contributed by atoms with Gasteiger partial charge in [-0.3, -0.25) is 9.59 Å². The molecule has 1 N–H and O–H groups in total. The minimum atomic E-state index is -2.65. The van der Waals surface area contributed by atoms with Gasteiger partial charge >= 0.3 is 5.97 Å². The SMILES string of the molecule is CN=S(=O)(C[C@H](C(C)C)N1C(=O)[C@@](C)(CC(=O)O)C[C@H](c2cccc(Cl)c2)[C@H]1c1ccc(Cl)cc1)C(C)C. The average molecular weight is 582 g/mol. The molecule has 0 saturated carbocycles. The van der Waals surface area contributed by atoms with Crippen LogP contribution in [0.3, 0.4) is 0 Å². The zero-order valence-electron chi connectivity index (χ0n) is 22.9. The van der Waals surface area contributed by atoms with Gasteiger partial charge in [0.2, 0.25) is 5.91 Å². The van der Waals surface area contributed by atoms with Crippen molar-refractivity contribution in [2.75, 3.05) is 12.8 Å². The van der Waals surface area contributed by atoms with Crippen molar-refractivity contribution in [1.82, 2.24) is 4.90 Å². The van der Waals surface area contributed by atoms with Gasteiger partial charge in [-0.2, -0.15) is 0 Å². The number of hydrogen-bond donors (Lipinski definition) is 1. The van der Waals surface area contributed by atoms with Gasteiger partial charge in [-0.05, 0) is 47.7 Å². The van der Waals surface area contributed by atoms with Crippen molar-refractivity contribution in [2.24, 2.45) is 15.7 Å². The first-order chi connectivity index (χ1) is 17.7. The lowest BCUT2D eigenvalue weighted by atomic mass is 9.66. The highest BCUT2D eigenvalue weighted by molar-refractivity contribution is 7.94. The molecule has 38 heavy (non-hydrogen) atoms. The van der Waals surface area contributed by atoms with Crippen LogP contribution in [0, 0.1) is 11.3 Å². The van der Waals surface area contributed by atoms with Gasteiger partial charge in [-0.15, -0.1) is 0 Å². The number of nitrogens with zero attached hydrogens (tertiary/aromatic N) is 2. The van der Waals surface area contributed by atoms with Crippen LogP contribution in [-0.2, 0) is 19.3 Å². The number of carbonyl (C=O) groups excluding carboxylic acids is 1. The zero-order valence-corrected chi connectivity index (χ0v) is 25.2. The number of halogens is 2. The van der Waals surface area contributed by atoms with Gasteiger partial charge in [-0.1, -0.05) is 82.1 Å². The van der Waals surface area contributed by atoms with Gasteiger partial charge in [0, 0.05) is 34.3 Å².